The van der Waals surface area contributed by atoms with Gasteiger partial charge in [0.15, 0.2) is 0 Å². The van der Waals surface area contributed by atoms with Gasteiger partial charge in [-0.1, -0.05) is 48.0 Å². The molecule has 0 fully saturated rings. The first-order chi connectivity index (χ1) is 9.49. The van der Waals surface area contributed by atoms with Crippen molar-refractivity contribution in [3.8, 4) is 0 Å². The molecule has 0 spiro atoms. The normalized spacial score (nSPS) is 13.1. The Morgan fingerprint density at radius 1 is 1.05 bits per heavy atom. The largest absolute Gasteiger partial charge is 0.241 e. The summed E-state index contributed by atoms with van der Waals surface area (Å²) in [5.41, 5.74) is 1.43. The molecular weight excluding hydrogens is 277 g/mol. The molecule has 2 aromatic carbocycles. The molecule has 0 saturated heterocycles. The van der Waals surface area contributed by atoms with Gasteiger partial charge in [0.2, 0.25) is 10.0 Å². The van der Waals surface area contributed by atoms with Crippen LogP contribution in [-0.2, 0) is 10.0 Å². The Morgan fingerprint density at radius 2 is 1.65 bits per heavy atom. The van der Waals surface area contributed by atoms with Gasteiger partial charge in [0.1, 0.15) is 6.17 Å². The highest BCUT2D eigenvalue weighted by Gasteiger charge is 2.17. The molecule has 0 unspecified atom stereocenters. The molecule has 106 valence electrons. The Morgan fingerprint density at radius 3 is 2.25 bits per heavy atom. The zero-order chi connectivity index (χ0) is 14.6. The summed E-state index contributed by atoms with van der Waals surface area (Å²) in [6.45, 7) is 1.59. The first kappa shape index (κ1) is 14.7. The maximum Gasteiger partial charge on any atom is 0.240 e. The van der Waals surface area contributed by atoms with Crippen LogP contribution in [0.3, 0.4) is 0 Å². The van der Waals surface area contributed by atoms with E-state index < -0.39 is 16.2 Å². The van der Waals surface area contributed by atoms with Gasteiger partial charge in [-0.2, -0.15) is 0 Å². The molecule has 0 amide bonds. The van der Waals surface area contributed by atoms with Crippen LogP contribution in [0.1, 0.15) is 17.3 Å². The van der Waals surface area contributed by atoms with Crippen molar-refractivity contribution in [1.82, 2.24) is 4.72 Å². The first-order valence-electron chi connectivity index (χ1n) is 6.24. The molecule has 5 heteroatoms. The lowest BCUT2D eigenvalue weighted by atomic mass is 10.1. The van der Waals surface area contributed by atoms with Crippen molar-refractivity contribution < 1.29 is 12.8 Å². The van der Waals surface area contributed by atoms with Crippen molar-refractivity contribution >= 4 is 10.0 Å². The van der Waals surface area contributed by atoms with Gasteiger partial charge in [0, 0.05) is 6.54 Å². The van der Waals surface area contributed by atoms with Gasteiger partial charge in [-0.25, -0.2) is 17.5 Å². The molecule has 0 bridgehead atoms. The second kappa shape index (κ2) is 6.15. The van der Waals surface area contributed by atoms with Crippen molar-refractivity contribution in [3.63, 3.8) is 0 Å². The fourth-order valence-corrected chi connectivity index (χ4v) is 2.79. The van der Waals surface area contributed by atoms with Gasteiger partial charge in [-0.05, 0) is 24.6 Å². The van der Waals surface area contributed by atoms with Gasteiger partial charge in [0.05, 0.1) is 4.90 Å². The molecule has 0 heterocycles. The van der Waals surface area contributed by atoms with Crippen LogP contribution in [0.25, 0.3) is 0 Å². The standard InChI is InChI=1S/C15H16FNO2S/c1-12-7-9-14(10-8-12)20(18,19)17-11-15(16)13-5-3-2-4-6-13/h2-10,15,17H,11H2,1H3/t15-/m0/s1. The lowest BCUT2D eigenvalue weighted by molar-refractivity contribution is 0.343. The van der Waals surface area contributed by atoms with E-state index in [1.54, 1.807) is 42.5 Å². The summed E-state index contributed by atoms with van der Waals surface area (Å²) in [6.07, 6.45) is -1.36. The minimum absolute atomic E-state index is 0.142. The monoisotopic (exact) mass is 293 g/mol. The molecule has 0 saturated carbocycles. The van der Waals surface area contributed by atoms with E-state index in [0.717, 1.165) is 5.56 Å². The number of halogens is 1. The molecule has 0 aromatic heterocycles. The summed E-state index contributed by atoms with van der Waals surface area (Å²) in [6, 6.07) is 14.9. The highest BCUT2D eigenvalue weighted by molar-refractivity contribution is 7.89. The minimum Gasteiger partial charge on any atom is -0.241 e. The molecule has 1 atom stereocenters. The molecule has 0 aliphatic heterocycles. The Balaban J connectivity index is 2.04. The second-order valence-electron chi connectivity index (χ2n) is 4.54. The summed E-state index contributed by atoms with van der Waals surface area (Å²) in [7, 11) is -3.67. The van der Waals surface area contributed by atoms with Gasteiger partial charge in [-0.3, -0.25) is 0 Å². The van der Waals surface area contributed by atoms with Crippen LogP contribution in [0, 0.1) is 6.92 Å². The maximum atomic E-state index is 13.9. The number of benzene rings is 2. The van der Waals surface area contributed by atoms with Crippen LogP contribution in [0.5, 0.6) is 0 Å². The van der Waals surface area contributed by atoms with Crippen LogP contribution in [-0.4, -0.2) is 15.0 Å². The molecule has 0 radical (unpaired) electrons. The lowest BCUT2D eigenvalue weighted by Gasteiger charge is -2.11. The van der Waals surface area contributed by atoms with Crippen molar-refractivity contribution in [2.24, 2.45) is 0 Å². The predicted molar refractivity (Wildman–Crippen MR) is 76.7 cm³/mol. The van der Waals surface area contributed by atoms with Crippen molar-refractivity contribution in [1.29, 1.82) is 0 Å². The van der Waals surface area contributed by atoms with E-state index in [2.05, 4.69) is 4.72 Å². The summed E-state index contributed by atoms with van der Waals surface area (Å²) < 4.78 is 40.2. The zero-order valence-corrected chi connectivity index (χ0v) is 11.9. The van der Waals surface area contributed by atoms with Crippen LogP contribution in [0.2, 0.25) is 0 Å². The summed E-state index contributed by atoms with van der Waals surface area (Å²) >= 11 is 0. The van der Waals surface area contributed by atoms with Crippen molar-refractivity contribution in [3.05, 3.63) is 65.7 Å². The SMILES string of the molecule is Cc1ccc(S(=O)(=O)NC[C@H](F)c2ccccc2)cc1. The number of alkyl halides is 1. The lowest BCUT2D eigenvalue weighted by Crippen LogP contribution is -2.27. The number of rotatable bonds is 5. The van der Waals surface area contributed by atoms with Gasteiger partial charge in [-0.15, -0.1) is 0 Å². The molecule has 2 aromatic rings. The predicted octanol–water partition coefficient (Wildman–Crippen LogP) is 2.98. The third-order valence-electron chi connectivity index (χ3n) is 2.95. The number of hydrogen-bond acceptors (Lipinski definition) is 2. The highest BCUT2D eigenvalue weighted by atomic mass is 32.2. The van der Waals surface area contributed by atoms with Gasteiger partial charge >= 0.3 is 0 Å². The average Bonchev–Trinajstić information content (AvgIpc) is 2.46. The van der Waals surface area contributed by atoms with E-state index in [4.69, 9.17) is 0 Å². The van der Waals surface area contributed by atoms with E-state index >= 15 is 0 Å². The van der Waals surface area contributed by atoms with Crippen LogP contribution in [0.4, 0.5) is 4.39 Å². The first-order valence-corrected chi connectivity index (χ1v) is 7.73. The summed E-state index contributed by atoms with van der Waals surface area (Å²) in [5.74, 6) is 0. The Kier molecular flexibility index (Phi) is 4.52. The molecule has 20 heavy (non-hydrogen) atoms. The third kappa shape index (κ3) is 3.65. The Hall–Kier alpha value is -1.72. The smallest absolute Gasteiger partial charge is 0.240 e. The minimum atomic E-state index is -3.67. The molecule has 0 aliphatic carbocycles. The zero-order valence-electron chi connectivity index (χ0n) is 11.1. The Labute approximate surface area is 118 Å². The number of aryl methyl sites for hydroxylation is 1. The quantitative estimate of drug-likeness (QED) is 0.921. The maximum absolute atomic E-state index is 13.9. The third-order valence-corrected chi connectivity index (χ3v) is 4.38. The molecule has 2 rings (SSSR count). The molecular formula is C15H16FNO2S. The van der Waals surface area contributed by atoms with E-state index in [-0.39, 0.29) is 11.4 Å². The van der Waals surface area contributed by atoms with Crippen LogP contribution >= 0.6 is 0 Å². The highest BCUT2D eigenvalue weighted by Crippen LogP contribution is 2.17. The van der Waals surface area contributed by atoms with Crippen molar-refractivity contribution in [2.75, 3.05) is 6.54 Å². The number of sulfonamides is 1. The topological polar surface area (TPSA) is 46.2 Å². The van der Waals surface area contributed by atoms with E-state index in [0.29, 0.717) is 5.56 Å². The summed E-state index contributed by atoms with van der Waals surface area (Å²) in [5, 5.41) is 0. The fourth-order valence-electron chi connectivity index (χ4n) is 1.76. The van der Waals surface area contributed by atoms with Crippen LogP contribution in [0.15, 0.2) is 59.5 Å². The van der Waals surface area contributed by atoms with Gasteiger partial charge in [0.25, 0.3) is 0 Å². The average molecular weight is 293 g/mol. The fraction of sp³-hybridized carbons (Fsp3) is 0.200. The molecule has 3 nitrogen and oxygen atoms in total. The van der Waals surface area contributed by atoms with Crippen LogP contribution < -0.4 is 4.72 Å². The number of nitrogens with one attached hydrogen (secondary N) is 1. The molecule has 1 N–H and O–H groups in total. The van der Waals surface area contributed by atoms with Gasteiger partial charge < -0.3 is 0 Å². The van der Waals surface area contributed by atoms with Crippen molar-refractivity contribution in [2.45, 2.75) is 18.0 Å². The second-order valence-corrected chi connectivity index (χ2v) is 6.31. The number of hydrogen-bond donors (Lipinski definition) is 1. The molecule has 0 aliphatic rings. The van der Waals surface area contributed by atoms with E-state index in [9.17, 15) is 12.8 Å². The Bertz CT molecular complexity index is 654. The summed E-state index contributed by atoms with van der Waals surface area (Å²) in [4.78, 5) is 0.142. The van der Waals surface area contributed by atoms with E-state index in [1.165, 1.54) is 12.1 Å². The van der Waals surface area contributed by atoms with E-state index in [1.807, 2.05) is 6.92 Å².